The van der Waals surface area contributed by atoms with Crippen LogP contribution < -0.4 is 10.6 Å². The third-order valence-electron chi connectivity index (χ3n) is 4.90. The predicted molar refractivity (Wildman–Crippen MR) is 100 cm³/mol. The van der Waals surface area contributed by atoms with Crippen molar-refractivity contribution in [2.45, 2.75) is 32.7 Å². The molecule has 1 aliphatic heterocycles. The second kappa shape index (κ2) is 7.95. The van der Waals surface area contributed by atoms with Gasteiger partial charge in [0.1, 0.15) is 0 Å². The fourth-order valence-corrected chi connectivity index (χ4v) is 3.89. The maximum Gasteiger partial charge on any atom is 0.223 e. The van der Waals surface area contributed by atoms with Crippen LogP contribution in [0.15, 0.2) is 41.8 Å². The first-order chi connectivity index (χ1) is 11.7. The van der Waals surface area contributed by atoms with Crippen molar-refractivity contribution >= 4 is 17.2 Å². The number of amides is 1. The first kappa shape index (κ1) is 17.2. The predicted octanol–water partition coefficient (Wildman–Crippen LogP) is 3.76. The van der Waals surface area contributed by atoms with Gasteiger partial charge in [-0.25, -0.2) is 0 Å². The lowest BCUT2D eigenvalue weighted by Gasteiger charge is -2.32. The van der Waals surface area contributed by atoms with Crippen molar-refractivity contribution in [3.05, 3.63) is 57.8 Å². The summed E-state index contributed by atoms with van der Waals surface area (Å²) in [5.74, 6) is 0.659. The van der Waals surface area contributed by atoms with Crippen LogP contribution >= 0.6 is 11.3 Å². The van der Waals surface area contributed by atoms with E-state index in [1.807, 2.05) is 13.0 Å². The highest BCUT2D eigenvalue weighted by Crippen LogP contribution is 2.28. The average Bonchev–Trinajstić information content (AvgIpc) is 3.06. The van der Waals surface area contributed by atoms with E-state index in [1.165, 1.54) is 10.4 Å². The molecule has 3 nitrogen and oxygen atoms in total. The minimum atomic E-state index is -0.0522. The number of benzene rings is 1. The molecule has 1 aromatic heterocycles. The Morgan fingerprint density at radius 2 is 2.04 bits per heavy atom. The van der Waals surface area contributed by atoms with Crippen LogP contribution in [-0.4, -0.2) is 19.0 Å². The maximum atomic E-state index is 12.7. The van der Waals surface area contributed by atoms with Crippen molar-refractivity contribution < 1.29 is 4.79 Å². The Morgan fingerprint density at radius 3 is 2.58 bits per heavy atom. The summed E-state index contributed by atoms with van der Waals surface area (Å²) in [5.41, 5.74) is 2.51. The van der Waals surface area contributed by atoms with Crippen LogP contribution in [-0.2, 0) is 11.2 Å². The number of carbonyl (C=O) groups is 1. The average molecular weight is 343 g/mol. The van der Waals surface area contributed by atoms with Gasteiger partial charge in [0.05, 0.1) is 6.04 Å². The number of hydrogen-bond acceptors (Lipinski definition) is 3. The maximum absolute atomic E-state index is 12.7. The van der Waals surface area contributed by atoms with Gasteiger partial charge in [0.25, 0.3) is 0 Å². The van der Waals surface area contributed by atoms with E-state index in [1.54, 1.807) is 11.3 Å². The lowest BCUT2D eigenvalue weighted by Crippen LogP contribution is -2.50. The van der Waals surface area contributed by atoms with Crippen molar-refractivity contribution in [2.24, 2.45) is 11.8 Å². The molecule has 0 saturated carbocycles. The van der Waals surface area contributed by atoms with Crippen molar-refractivity contribution in [3.8, 4) is 0 Å². The van der Waals surface area contributed by atoms with E-state index in [0.29, 0.717) is 5.92 Å². The molecule has 3 rings (SSSR count). The lowest BCUT2D eigenvalue weighted by molar-refractivity contribution is -0.127. The van der Waals surface area contributed by atoms with Crippen molar-refractivity contribution in [1.29, 1.82) is 0 Å². The normalized spacial score (nSPS) is 17.1. The molecular weight excluding hydrogens is 316 g/mol. The van der Waals surface area contributed by atoms with Gasteiger partial charge in [-0.15, -0.1) is 11.3 Å². The minimum Gasteiger partial charge on any atom is -0.344 e. The van der Waals surface area contributed by atoms with Gasteiger partial charge in [0.2, 0.25) is 5.91 Å². The summed E-state index contributed by atoms with van der Waals surface area (Å²) >= 11 is 1.70. The van der Waals surface area contributed by atoms with Crippen molar-refractivity contribution in [3.63, 3.8) is 0 Å². The summed E-state index contributed by atoms with van der Waals surface area (Å²) in [6.45, 7) is 6.13. The van der Waals surface area contributed by atoms with E-state index in [4.69, 9.17) is 0 Å². The van der Waals surface area contributed by atoms with E-state index < -0.39 is 0 Å². The van der Waals surface area contributed by atoms with Gasteiger partial charge in [0.15, 0.2) is 0 Å². The third-order valence-corrected chi connectivity index (χ3v) is 5.84. The molecule has 24 heavy (non-hydrogen) atoms. The summed E-state index contributed by atoms with van der Waals surface area (Å²) < 4.78 is 0. The standard InChI is InChI=1S/C20H26N2OS/c1-3-5-15-7-9-16(10-8-15)19(18-6-4-11-24-18)22-20(23)14(2)17-12-21-13-17/h4,6-11,14,17,19,21H,3,5,12-13H2,1-2H3,(H,22,23). The number of hydrogen-bond donors (Lipinski definition) is 2. The molecule has 128 valence electrons. The van der Waals surface area contributed by atoms with Crippen LogP contribution in [0.1, 0.15) is 42.3 Å². The Kier molecular flexibility index (Phi) is 5.69. The zero-order valence-electron chi connectivity index (χ0n) is 14.4. The Labute approximate surface area is 148 Å². The quantitative estimate of drug-likeness (QED) is 0.804. The van der Waals surface area contributed by atoms with Gasteiger partial charge in [-0.2, -0.15) is 0 Å². The molecule has 1 aromatic carbocycles. The Balaban J connectivity index is 1.77. The van der Waals surface area contributed by atoms with Crippen LogP contribution in [0.25, 0.3) is 0 Å². The zero-order valence-corrected chi connectivity index (χ0v) is 15.2. The molecule has 0 bridgehead atoms. The number of carbonyl (C=O) groups excluding carboxylic acids is 1. The number of nitrogens with one attached hydrogen (secondary N) is 2. The third kappa shape index (κ3) is 3.87. The van der Waals surface area contributed by atoms with Crippen molar-refractivity contribution in [1.82, 2.24) is 10.6 Å². The molecule has 0 aliphatic carbocycles. The number of aryl methyl sites for hydroxylation is 1. The van der Waals surface area contributed by atoms with Gasteiger partial charge < -0.3 is 10.6 Å². The molecule has 2 unspecified atom stereocenters. The van der Waals surface area contributed by atoms with Crippen LogP contribution in [0.3, 0.4) is 0 Å². The summed E-state index contributed by atoms with van der Waals surface area (Å²) in [6.07, 6.45) is 2.25. The molecule has 2 heterocycles. The second-order valence-corrected chi connectivity index (χ2v) is 7.63. The van der Waals surface area contributed by atoms with Gasteiger partial charge in [-0.3, -0.25) is 4.79 Å². The Bertz CT molecular complexity index is 647. The number of thiophene rings is 1. The minimum absolute atomic E-state index is 0.0491. The van der Waals surface area contributed by atoms with Gasteiger partial charge >= 0.3 is 0 Å². The van der Waals surface area contributed by atoms with Gasteiger partial charge in [-0.05, 0) is 48.0 Å². The lowest BCUT2D eigenvalue weighted by atomic mass is 9.88. The summed E-state index contributed by atoms with van der Waals surface area (Å²) in [5, 5.41) is 8.60. The first-order valence-electron chi connectivity index (χ1n) is 8.82. The highest BCUT2D eigenvalue weighted by Gasteiger charge is 2.30. The number of rotatable bonds is 7. The fraction of sp³-hybridized carbons (Fsp3) is 0.450. The van der Waals surface area contributed by atoms with Gasteiger partial charge in [0, 0.05) is 10.8 Å². The second-order valence-electron chi connectivity index (χ2n) is 6.66. The summed E-state index contributed by atoms with van der Waals surface area (Å²) in [4.78, 5) is 13.9. The highest BCUT2D eigenvalue weighted by molar-refractivity contribution is 7.10. The zero-order chi connectivity index (χ0) is 16.9. The van der Waals surface area contributed by atoms with Crippen LogP contribution in [0.4, 0.5) is 0 Å². The molecule has 2 atom stereocenters. The highest BCUT2D eigenvalue weighted by atomic mass is 32.1. The van der Waals surface area contributed by atoms with Gasteiger partial charge in [-0.1, -0.05) is 50.6 Å². The Morgan fingerprint density at radius 1 is 1.29 bits per heavy atom. The van der Waals surface area contributed by atoms with Crippen LogP contribution in [0.5, 0.6) is 0 Å². The van der Waals surface area contributed by atoms with E-state index in [2.05, 4.69) is 53.3 Å². The molecule has 2 N–H and O–H groups in total. The van der Waals surface area contributed by atoms with E-state index in [9.17, 15) is 4.79 Å². The smallest absolute Gasteiger partial charge is 0.223 e. The van der Waals surface area contributed by atoms with Crippen molar-refractivity contribution in [2.75, 3.05) is 13.1 Å². The molecule has 1 aliphatic rings. The summed E-state index contributed by atoms with van der Waals surface area (Å²) in [6, 6.07) is 12.8. The molecule has 4 heteroatoms. The molecule has 0 spiro atoms. The van der Waals surface area contributed by atoms with Crippen LogP contribution in [0, 0.1) is 11.8 Å². The summed E-state index contributed by atoms with van der Waals surface area (Å²) in [7, 11) is 0. The van der Waals surface area contributed by atoms with E-state index >= 15 is 0 Å². The monoisotopic (exact) mass is 342 g/mol. The fourth-order valence-electron chi connectivity index (χ4n) is 3.09. The first-order valence-corrected chi connectivity index (χ1v) is 9.70. The topological polar surface area (TPSA) is 41.1 Å². The molecule has 2 aromatic rings. The van der Waals surface area contributed by atoms with E-state index in [-0.39, 0.29) is 17.9 Å². The SMILES string of the molecule is CCCc1ccc(C(NC(=O)C(C)C2CNC2)c2cccs2)cc1. The molecule has 1 amide bonds. The Hall–Kier alpha value is -1.65. The van der Waals surface area contributed by atoms with E-state index in [0.717, 1.165) is 31.5 Å². The molecular formula is C20H26N2OS. The van der Waals surface area contributed by atoms with Crippen LogP contribution in [0.2, 0.25) is 0 Å². The largest absolute Gasteiger partial charge is 0.344 e. The molecule has 0 radical (unpaired) electrons. The molecule has 1 fully saturated rings. The molecule has 1 saturated heterocycles.